The third kappa shape index (κ3) is 4.23. The average Bonchev–Trinajstić information content (AvgIpc) is 2.69. The van der Waals surface area contributed by atoms with Crippen LogP contribution in [0.3, 0.4) is 0 Å². The van der Waals surface area contributed by atoms with Crippen molar-refractivity contribution in [2.45, 2.75) is 51.6 Å². The van der Waals surface area contributed by atoms with E-state index in [0.29, 0.717) is 12.8 Å². The van der Waals surface area contributed by atoms with Gasteiger partial charge in [-0.25, -0.2) is 0 Å². The monoisotopic (exact) mass is 238 g/mol. The minimum absolute atomic E-state index is 0.0216. The fourth-order valence-corrected chi connectivity index (χ4v) is 1.80. The van der Waals surface area contributed by atoms with Gasteiger partial charge in [-0.1, -0.05) is 13.3 Å². The SMILES string of the molecule is CCCC(C)(N)C(=O)NC(C)Cc1ccco1. The molecule has 0 fully saturated rings. The van der Waals surface area contributed by atoms with Crippen molar-refractivity contribution in [3.63, 3.8) is 0 Å². The van der Waals surface area contributed by atoms with Crippen molar-refractivity contribution in [2.24, 2.45) is 5.73 Å². The summed E-state index contributed by atoms with van der Waals surface area (Å²) in [6, 6.07) is 3.76. The topological polar surface area (TPSA) is 68.3 Å². The summed E-state index contributed by atoms with van der Waals surface area (Å²) in [6.45, 7) is 5.73. The third-order valence-electron chi connectivity index (χ3n) is 2.75. The molecule has 1 amide bonds. The lowest BCUT2D eigenvalue weighted by molar-refractivity contribution is -0.126. The van der Waals surface area contributed by atoms with Crippen LogP contribution in [0.25, 0.3) is 0 Å². The molecule has 0 aliphatic carbocycles. The van der Waals surface area contributed by atoms with Gasteiger partial charge in [0.1, 0.15) is 5.76 Å². The van der Waals surface area contributed by atoms with Gasteiger partial charge in [0.15, 0.2) is 0 Å². The maximum absolute atomic E-state index is 11.9. The van der Waals surface area contributed by atoms with E-state index >= 15 is 0 Å². The molecule has 2 atom stereocenters. The molecule has 1 rings (SSSR count). The number of carbonyl (C=O) groups is 1. The fourth-order valence-electron chi connectivity index (χ4n) is 1.80. The van der Waals surface area contributed by atoms with E-state index in [1.807, 2.05) is 26.0 Å². The summed E-state index contributed by atoms with van der Waals surface area (Å²) in [5.74, 6) is 0.769. The highest BCUT2D eigenvalue weighted by Crippen LogP contribution is 2.10. The lowest BCUT2D eigenvalue weighted by Gasteiger charge is -2.25. The summed E-state index contributed by atoms with van der Waals surface area (Å²) in [5.41, 5.74) is 5.17. The second kappa shape index (κ2) is 5.87. The highest BCUT2D eigenvalue weighted by molar-refractivity contribution is 5.85. The molecule has 0 aromatic carbocycles. The molecule has 0 aliphatic heterocycles. The van der Waals surface area contributed by atoms with Gasteiger partial charge < -0.3 is 15.5 Å². The van der Waals surface area contributed by atoms with Crippen LogP contribution in [0.4, 0.5) is 0 Å². The summed E-state index contributed by atoms with van der Waals surface area (Å²) in [6.07, 6.45) is 3.90. The molecule has 0 aliphatic rings. The van der Waals surface area contributed by atoms with Crippen LogP contribution in [-0.4, -0.2) is 17.5 Å². The Morgan fingerprint density at radius 3 is 2.88 bits per heavy atom. The van der Waals surface area contributed by atoms with Gasteiger partial charge in [-0.05, 0) is 32.4 Å². The first kappa shape index (κ1) is 13.8. The molecule has 17 heavy (non-hydrogen) atoms. The van der Waals surface area contributed by atoms with E-state index < -0.39 is 5.54 Å². The highest BCUT2D eigenvalue weighted by Gasteiger charge is 2.28. The lowest BCUT2D eigenvalue weighted by Crippen LogP contribution is -2.53. The normalized spacial score (nSPS) is 16.2. The summed E-state index contributed by atoms with van der Waals surface area (Å²) in [7, 11) is 0. The smallest absolute Gasteiger partial charge is 0.240 e. The number of nitrogens with one attached hydrogen (secondary N) is 1. The maximum Gasteiger partial charge on any atom is 0.240 e. The van der Waals surface area contributed by atoms with E-state index in [1.165, 1.54) is 0 Å². The lowest BCUT2D eigenvalue weighted by atomic mass is 9.96. The molecule has 4 heteroatoms. The zero-order chi connectivity index (χ0) is 12.9. The zero-order valence-electron chi connectivity index (χ0n) is 10.8. The van der Waals surface area contributed by atoms with E-state index in [-0.39, 0.29) is 11.9 Å². The fraction of sp³-hybridized carbons (Fsp3) is 0.615. The second-order valence-electron chi connectivity index (χ2n) is 4.83. The molecule has 0 radical (unpaired) electrons. The first-order valence-electron chi connectivity index (χ1n) is 6.08. The van der Waals surface area contributed by atoms with Crippen molar-refractivity contribution in [3.05, 3.63) is 24.2 Å². The van der Waals surface area contributed by atoms with Crippen LogP contribution in [0.5, 0.6) is 0 Å². The Morgan fingerprint density at radius 2 is 2.35 bits per heavy atom. The predicted octanol–water partition coefficient (Wildman–Crippen LogP) is 1.84. The van der Waals surface area contributed by atoms with Crippen LogP contribution in [0.2, 0.25) is 0 Å². The van der Waals surface area contributed by atoms with Crippen LogP contribution in [-0.2, 0) is 11.2 Å². The van der Waals surface area contributed by atoms with Crippen molar-refractivity contribution in [1.82, 2.24) is 5.32 Å². The molecule has 96 valence electrons. The third-order valence-corrected chi connectivity index (χ3v) is 2.75. The largest absolute Gasteiger partial charge is 0.469 e. The van der Waals surface area contributed by atoms with E-state index in [1.54, 1.807) is 13.2 Å². The molecule has 1 aromatic heterocycles. The molecular formula is C13H22N2O2. The Bertz CT molecular complexity index is 344. The van der Waals surface area contributed by atoms with Gasteiger partial charge in [-0.2, -0.15) is 0 Å². The molecule has 3 N–H and O–H groups in total. The molecule has 0 saturated carbocycles. The Labute approximate surface area is 103 Å². The van der Waals surface area contributed by atoms with Crippen molar-refractivity contribution in [1.29, 1.82) is 0 Å². The van der Waals surface area contributed by atoms with Crippen molar-refractivity contribution >= 4 is 5.91 Å². The van der Waals surface area contributed by atoms with Crippen LogP contribution >= 0.6 is 0 Å². The summed E-state index contributed by atoms with van der Waals surface area (Å²) < 4.78 is 5.24. The van der Waals surface area contributed by atoms with E-state index in [9.17, 15) is 4.79 Å². The van der Waals surface area contributed by atoms with Crippen molar-refractivity contribution < 1.29 is 9.21 Å². The number of rotatable bonds is 6. The Balaban J connectivity index is 2.45. The quantitative estimate of drug-likeness (QED) is 0.794. The zero-order valence-corrected chi connectivity index (χ0v) is 10.8. The van der Waals surface area contributed by atoms with Gasteiger partial charge in [0.05, 0.1) is 11.8 Å². The first-order valence-corrected chi connectivity index (χ1v) is 6.08. The summed E-state index contributed by atoms with van der Waals surface area (Å²) >= 11 is 0. The summed E-state index contributed by atoms with van der Waals surface area (Å²) in [4.78, 5) is 11.9. The Morgan fingerprint density at radius 1 is 1.65 bits per heavy atom. The van der Waals surface area contributed by atoms with Crippen LogP contribution < -0.4 is 11.1 Å². The molecule has 1 heterocycles. The molecule has 0 bridgehead atoms. The number of furan rings is 1. The van der Waals surface area contributed by atoms with Gasteiger partial charge in [-0.3, -0.25) is 4.79 Å². The van der Waals surface area contributed by atoms with Gasteiger partial charge in [-0.15, -0.1) is 0 Å². The van der Waals surface area contributed by atoms with Gasteiger partial charge in [0.2, 0.25) is 5.91 Å². The first-order chi connectivity index (χ1) is 7.95. The minimum Gasteiger partial charge on any atom is -0.469 e. The van der Waals surface area contributed by atoms with E-state index in [2.05, 4.69) is 5.32 Å². The molecule has 4 nitrogen and oxygen atoms in total. The van der Waals surface area contributed by atoms with Gasteiger partial charge in [0, 0.05) is 12.5 Å². The Kier molecular flexibility index (Phi) is 4.75. The second-order valence-corrected chi connectivity index (χ2v) is 4.83. The van der Waals surface area contributed by atoms with Crippen molar-refractivity contribution in [3.8, 4) is 0 Å². The summed E-state index contributed by atoms with van der Waals surface area (Å²) in [5, 5.41) is 2.92. The number of hydrogen-bond donors (Lipinski definition) is 2. The predicted molar refractivity (Wildman–Crippen MR) is 67.5 cm³/mol. The van der Waals surface area contributed by atoms with Crippen LogP contribution in [0, 0.1) is 0 Å². The molecule has 0 saturated heterocycles. The molecule has 2 unspecified atom stereocenters. The highest BCUT2D eigenvalue weighted by atomic mass is 16.3. The Hall–Kier alpha value is -1.29. The van der Waals surface area contributed by atoms with Gasteiger partial charge >= 0.3 is 0 Å². The maximum atomic E-state index is 11.9. The standard InChI is InChI=1S/C13H22N2O2/c1-4-7-13(3,14)12(16)15-10(2)9-11-6-5-8-17-11/h5-6,8,10H,4,7,9,14H2,1-3H3,(H,15,16). The number of hydrogen-bond acceptors (Lipinski definition) is 3. The average molecular weight is 238 g/mol. The molecule has 0 spiro atoms. The number of nitrogens with two attached hydrogens (primary N) is 1. The number of amides is 1. The molecular weight excluding hydrogens is 216 g/mol. The van der Waals surface area contributed by atoms with Crippen LogP contribution in [0.15, 0.2) is 22.8 Å². The minimum atomic E-state index is -0.786. The van der Waals surface area contributed by atoms with E-state index in [0.717, 1.165) is 12.2 Å². The van der Waals surface area contributed by atoms with Gasteiger partial charge in [0.25, 0.3) is 0 Å². The van der Waals surface area contributed by atoms with Crippen LogP contribution in [0.1, 0.15) is 39.4 Å². The van der Waals surface area contributed by atoms with Crippen molar-refractivity contribution in [2.75, 3.05) is 0 Å². The van der Waals surface area contributed by atoms with E-state index in [4.69, 9.17) is 10.2 Å². The number of carbonyl (C=O) groups excluding carboxylic acids is 1. The molecule has 1 aromatic rings.